The molecule has 0 saturated heterocycles. The van der Waals surface area contributed by atoms with Gasteiger partial charge in [0, 0.05) is 14.0 Å². The first kappa shape index (κ1) is 11.8. The summed E-state index contributed by atoms with van der Waals surface area (Å²) in [5.74, 6) is -0.326. The van der Waals surface area contributed by atoms with Gasteiger partial charge in [-0.3, -0.25) is 4.79 Å². The zero-order valence-electron chi connectivity index (χ0n) is 9.12. The number of hydrogen-bond acceptors (Lipinski definition) is 4. The van der Waals surface area contributed by atoms with Crippen LogP contribution < -0.4 is 5.32 Å². The molecule has 0 radical (unpaired) electrons. The molecule has 1 saturated carbocycles. The Morgan fingerprint density at radius 1 is 1.13 bits per heavy atom. The summed E-state index contributed by atoms with van der Waals surface area (Å²) in [4.78, 5) is 21.9. The molecule has 2 unspecified atom stereocenters. The molecule has 1 fully saturated rings. The van der Waals surface area contributed by atoms with Gasteiger partial charge in [0.25, 0.3) is 0 Å². The minimum absolute atomic E-state index is 0.284. The van der Waals surface area contributed by atoms with Crippen molar-refractivity contribution in [1.82, 2.24) is 5.32 Å². The lowest BCUT2D eigenvalue weighted by molar-refractivity contribution is -0.154. The highest BCUT2D eigenvalue weighted by atomic mass is 16.6. The van der Waals surface area contributed by atoms with E-state index in [2.05, 4.69) is 5.32 Å². The van der Waals surface area contributed by atoms with Crippen LogP contribution in [0.4, 0.5) is 4.79 Å². The molecule has 1 rings (SSSR count). The van der Waals surface area contributed by atoms with Crippen LogP contribution in [0.15, 0.2) is 0 Å². The van der Waals surface area contributed by atoms with Crippen molar-refractivity contribution in [2.45, 2.75) is 44.8 Å². The Bertz CT molecular complexity index is 242. The van der Waals surface area contributed by atoms with Crippen molar-refractivity contribution >= 4 is 12.1 Å². The zero-order chi connectivity index (χ0) is 11.3. The Morgan fingerprint density at radius 2 is 1.67 bits per heavy atom. The molecule has 0 aliphatic heterocycles. The predicted octanol–water partition coefficient (Wildman–Crippen LogP) is 1.22. The van der Waals surface area contributed by atoms with Crippen molar-refractivity contribution in [3.8, 4) is 0 Å². The van der Waals surface area contributed by atoms with Crippen LogP contribution in [0.5, 0.6) is 0 Å². The molecule has 1 N–H and O–H groups in total. The van der Waals surface area contributed by atoms with Gasteiger partial charge in [0.05, 0.1) is 0 Å². The number of carbonyl (C=O) groups excluding carboxylic acids is 2. The monoisotopic (exact) mass is 215 g/mol. The number of nitrogens with one attached hydrogen (secondary N) is 1. The fraction of sp³-hybridized carbons (Fsp3) is 0.800. The predicted molar refractivity (Wildman–Crippen MR) is 53.4 cm³/mol. The molecular formula is C10H17NO4. The van der Waals surface area contributed by atoms with E-state index in [1.807, 2.05) is 0 Å². The molecule has 86 valence electrons. The van der Waals surface area contributed by atoms with E-state index < -0.39 is 6.09 Å². The van der Waals surface area contributed by atoms with Crippen molar-refractivity contribution in [2.75, 3.05) is 7.05 Å². The molecule has 0 bridgehead atoms. The van der Waals surface area contributed by atoms with Crippen LogP contribution in [-0.2, 0) is 14.3 Å². The fourth-order valence-electron chi connectivity index (χ4n) is 1.74. The Hall–Kier alpha value is -1.26. The standard InChI is InChI=1S/C10H17NO4/c1-7(12)14-8-5-3-4-6-9(8)15-10(13)11-2/h8-9H,3-6H2,1-2H3,(H,11,13). The summed E-state index contributed by atoms with van der Waals surface area (Å²) in [5, 5.41) is 2.38. The van der Waals surface area contributed by atoms with Crippen LogP contribution in [0.3, 0.4) is 0 Å². The van der Waals surface area contributed by atoms with Gasteiger partial charge in [-0.1, -0.05) is 0 Å². The number of amides is 1. The van der Waals surface area contributed by atoms with E-state index in [1.165, 1.54) is 14.0 Å². The van der Waals surface area contributed by atoms with E-state index in [9.17, 15) is 9.59 Å². The summed E-state index contributed by atoms with van der Waals surface area (Å²) >= 11 is 0. The van der Waals surface area contributed by atoms with Gasteiger partial charge in [0.1, 0.15) is 12.2 Å². The molecule has 1 aliphatic rings. The third-order valence-electron chi connectivity index (χ3n) is 2.42. The molecule has 0 heterocycles. The zero-order valence-corrected chi connectivity index (χ0v) is 9.12. The summed E-state index contributed by atoms with van der Waals surface area (Å²) in [6, 6.07) is 0. The van der Waals surface area contributed by atoms with Gasteiger partial charge in [-0.2, -0.15) is 0 Å². The second kappa shape index (κ2) is 5.58. The number of esters is 1. The van der Waals surface area contributed by atoms with Crippen molar-refractivity contribution in [3.63, 3.8) is 0 Å². The van der Waals surface area contributed by atoms with Crippen LogP contribution >= 0.6 is 0 Å². The summed E-state index contributed by atoms with van der Waals surface area (Å²) < 4.78 is 10.2. The van der Waals surface area contributed by atoms with Gasteiger partial charge in [-0.05, 0) is 25.7 Å². The summed E-state index contributed by atoms with van der Waals surface area (Å²) in [5.41, 5.74) is 0. The third-order valence-corrected chi connectivity index (χ3v) is 2.42. The Balaban J connectivity index is 2.49. The number of ether oxygens (including phenoxy) is 2. The molecule has 5 heteroatoms. The average molecular weight is 215 g/mol. The molecule has 5 nitrogen and oxygen atoms in total. The lowest BCUT2D eigenvalue weighted by atomic mass is 9.94. The third kappa shape index (κ3) is 3.77. The number of carbonyl (C=O) groups is 2. The fourth-order valence-corrected chi connectivity index (χ4v) is 1.74. The molecular weight excluding hydrogens is 198 g/mol. The van der Waals surface area contributed by atoms with E-state index in [0.717, 1.165) is 25.7 Å². The molecule has 0 spiro atoms. The highest BCUT2D eigenvalue weighted by molar-refractivity contribution is 5.67. The maximum Gasteiger partial charge on any atom is 0.407 e. The van der Waals surface area contributed by atoms with Crippen LogP contribution in [0, 0.1) is 0 Å². The van der Waals surface area contributed by atoms with Crippen LogP contribution in [-0.4, -0.2) is 31.3 Å². The van der Waals surface area contributed by atoms with Crippen LogP contribution in [0.25, 0.3) is 0 Å². The summed E-state index contributed by atoms with van der Waals surface area (Å²) in [7, 11) is 1.51. The van der Waals surface area contributed by atoms with Gasteiger partial charge >= 0.3 is 12.1 Å². The SMILES string of the molecule is CNC(=O)OC1CCCCC1OC(C)=O. The highest BCUT2D eigenvalue weighted by Crippen LogP contribution is 2.24. The van der Waals surface area contributed by atoms with Gasteiger partial charge in [-0.15, -0.1) is 0 Å². The van der Waals surface area contributed by atoms with E-state index >= 15 is 0 Å². The largest absolute Gasteiger partial charge is 0.459 e. The van der Waals surface area contributed by atoms with E-state index in [4.69, 9.17) is 9.47 Å². The first-order valence-corrected chi connectivity index (χ1v) is 5.19. The molecule has 1 amide bonds. The van der Waals surface area contributed by atoms with E-state index in [-0.39, 0.29) is 18.2 Å². The van der Waals surface area contributed by atoms with Crippen molar-refractivity contribution in [1.29, 1.82) is 0 Å². The molecule has 1 aliphatic carbocycles. The number of hydrogen-bond donors (Lipinski definition) is 1. The Labute approximate surface area is 89.1 Å². The second-order valence-corrected chi connectivity index (χ2v) is 3.63. The molecule has 15 heavy (non-hydrogen) atoms. The maximum atomic E-state index is 11.0. The van der Waals surface area contributed by atoms with Crippen molar-refractivity contribution < 1.29 is 19.1 Å². The summed E-state index contributed by atoms with van der Waals surface area (Å²) in [6.45, 7) is 1.37. The van der Waals surface area contributed by atoms with Crippen molar-refractivity contribution in [2.24, 2.45) is 0 Å². The first-order chi connectivity index (χ1) is 7.13. The second-order valence-electron chi connectivity index (χ2n) is 3.63. The van der Waals surface area contributed by atoms with Crippen molar-refractivity contribution in [3.05, 3.63) is 0 Å². The Morgan fingerprint density at radius 3 is 2.13 bits per heavy atom. The molecule has 0 aromatic heterocycles. The van der Waals surface area contributed by atoms with Gasteiger partial charge in [0.2, 0.25) is 0 Å². The smallest absolute Gasteiger partial charge is 0.407 e. The molecule has 2 atom stereocenters. The Kier molecular flexibility index (Phi) is 4.39. The average Bonchev–Trinajstić information content (AvgIpc) is 2.20. The topological polar surface area (TPSA) is 64.6 Å². The quantitative estimate of drug-likeness (QED) is 0.703. The van der Waals surface area contributed by atoms with E-state index in [0.29, 0.717) is 0 Å². The molecule has 0 aromatic carbocycles. The van der Waals surface area contributed by atoms with Gasteiger partial charge < -0.3 is 14.8 Å². The minimum Gasteiger partial charge on any atom is -0.459 e. The lowest BCUT2D eigenvalue weighted by Gasteiger charge is -2.30. The highest BCUT2D eigenvalue weighted by Gasteiger charge is 2.30. The summed E-state index contributed by atoms with van der Waals surface area (Å²) in [6.07, 6.45) is 2.47. The van der Waals surface area contributed by atoms with Crippen LogP contribution in [0.2, 0.25) is 0 Å². The van der Waals surface area contributed by atoms with Gasteiger partial charge in [0.15, 0.2) is 0 Å². The molecule has 0 aromatic rings. The normalized spacial score (nSPS) is 25.5. The lowest BCUT2D eigenvalue weighted by Crippen LogP contribution is -2.39. The minimum atomic E-state index is -0.473. The maximum absolute atomic E-state index is 11.0. The first-order valence-electron chi connectivity index (χ1n) is 5.19. The van der Waals surface area contributed by atoms with Gasteiger partial charge in [-0.25, -0.2) is 4.79 Å². The number of alkyl carbamates (subject to hydrolysis) is 1. The number of rotatable bonds is 2. The van der Waals surface area contributed by atoms with Crippen LogP contribution in [0.1, 0.15) is 32.6 Å². The van der Waals surface area contributed by atoms with E-state index in [1.54, 1.807) is 0 Å².